The molecule has 3 aromatic rings. The zero-order chi connectivity index (χ0) is 38.4. The SMILES string of the molecule is COC(=O)N[C@H](C(=O)N1CCC(C(=O)Nc2ccc(C#Cc3ccc4nc([C@@H]5CCCN5C(=O)[C@@H](NC(=O)OC)C(C)(C)C)[nH]c4c3)cc2)C1)C(C)C.S.S.S. The summed E-state index contributed by atoms with van der Waals surface area (Å²) in [5.41, 5.74) is 3.20. The molecular formula is C39H55N7O7S3. The molecule has 2 saturated heterocycles. The minimum atomic E-state index is -0.760. The van der Waals surface area contributed by atoms with Crippen LogP contribution in [0.1, 0.15) is 76.9 Å². The molecule has 5 rings (SSSR count). The summed E-state index contributed by atoms with van der Waals surface area (Å²) in [6.07, 6.45) is 0.771. The number of nitrogens with zero attached hydrogens (tertiary/aromatic N) is 3. The van der Waals surface area contributed by atoms with Crippen LogP contribution in [0.25, 0.3) is 11.0 Å². The van der Waals surface area contributed by atoms with Crippen LogP contribution in [-0.2, 0) is 23.9 Å². The number of H-pyrrole nitrogens is 1. The molecule has 0 saturated carbocycles. The van der Waals surface area contributed by atoms with Crippen molar-refractivity contribution in [3.8, 4) is 11.8 Å². The zero-order valence-corrected chi connectivity index (χ0v) is 35.9. The number of methoxy groups -OCH3 is 2. The number of imidazole rings is 1. The van der Waals surface area contributed by atoms with E-state index in [0.717, 1.165) is 35.0 Å². The van der Waals surface area contributed by atoms with Gasteiger partial charge in [0, 0.05) is 36.4 Å². The summed E-state index contributed by atoms with van der Waals surface area (Å²) in [7, 11) is 2.53. The first-order valence-electron chi connectivity index (χ1n) is 17.9. The van der Waals surface area contributed by atoms with Crippen molar-refractivity contribution in [2.24, 2.45) is 17.3 Å². The topological polar surface area (TPSA) is 175 Å². The van der Waals surface area contributed by atoms with Crippen LogP contribution in [0.5, 0.6) is 0 Å². The molecule has 0 bridgehead atoms. The molecule has 0 radical (unpaired) electrons. The van der Waals surface area contributed by atoms with Gasteiger partial charge in [-0.05, 0) is 73.1 Å². The monoisotopic (exact) mass is 829 g/mol. The fourth-order valence-corrected chi connectivity index (χ4v) is 6.67. The predicted octanol–water partition coefficient (Wildman–Crippen LogP) is 4.90. The van der Waals surface area contributed by atoms with Crippen molar-refractivity contribution in [2.75, 3.05) is 39.2 Å². The summed E-state index contributed by atoms with van der Waals surface area (Å²) in [6.45, 7) is 10.7. The van der Waals surface area contributed by atoms with Gasteiger partial charge in [-0.3, -0.25) is 14.4 Å². The number of carbonyl (C=O) groups is 5. The quantitative estimate of drug-likeness (QED) is 0.232. The lowest BCUT2D eigenvalue weighted by atomic mass is 9.85. The number of hydrogen-bond donors (Lipinski definition) is 4. The van der Waals surface area contributed by atoms with Crippen molar-refractivity contribution in [1.82, 2.24) is 30.4 Å². The number of fused-ring (bicyclic) bond motifs is 1. The number of likely N-dealkylation sites (tertiary alicyclic amines) is 2. The van der Waals surface area contributed by atoms with Crippen LogP contribution in [0.15, 0.2) is 42.5 Å². The highest BCUT2D eigenvalue weighted by molar-refractivity contribution is 7.59. The van der Waals surface area contributed by atoms with Crippen molar-refractivity contribution < 1.29 is 33.4 Å². The Bertz CT molecular complexity index is 1920. The van der Waals surface area contributed by atoms with Crippen molar-refractivity contribution >= 4 is 87.1 Å². The average molecular weight is 830 g/mol. The Morgan fingerprint density at radius 2 is 1.48 bits per heavy atom. The number of rotatable bonds is 8. The lowest BCUT2D eigenvalue weighted by Crippen LogP contribution is -2.54. The third kappa shape index (κ3) is 11.5. The van der Waals surface area contributed by atoms with Crippen LogP contribution in [0.4, 0.5) is 15.3 Å². The van der Waals surface area contributed by atoms with E-state index in [4.69, 9.17) is 9.72 Å². The Morgan fingerprint density at radius 1 is 0.857 bits per heavy atom. The Labute approximate surface area is 349 Å². The van der Waals surface area contributed by atoms with E-state index in [-0.39, 0.29) is 82.6 Å². The Balaban J connectivity index is 0.00000361. The minimum Gasteiger partial charge on any atom is -0.453 e. The number of aromatic nitrogens is 2. The fraction of sp³-hybridized carbons (Fsp3) is 0.487. The van der Waals surface area contributed by atoms with Gasteiger partial charge in [0.25, 0.3) is 0 Å². The number of ether oxygens (including phenoxy) is 2. The van der Waals surface area contributed by atoms with Gasteiger partial charge < -0.3 is 40.2 Å². The van der Waals surface area contributed by atoms with E-state index in [1.54, 1.807) is 21.9 Å². The Kier molecular flexibility index (Phi) is 17.5. The molecule has 1 aromatic heterocycles. The predicted molar refractivity (Wildman–Crippen MR) is 230 cm³/mol. The van der Waals surface area contributed by atoms with Crippen molar-refractivity contribution in [1.29, 1.82) is 0 Å². The lowest BCUT2D eigenvalue weighted by Gasteiger charge is -2.34. The lowest BCUT2D eigenvalue weighted by molar-refractivity contribution is -0.137. The highest BCUT2D eigenvalue weighted by atomic mass is 32.1. The van der Waals surface area contributed by atoms with Gasteiger partial charge in [-0.1, -0.05) is 46.5 Å². The van der Waals surface area contributed by atoms with E-state index in [1.165, 1.54) is 14.2 Å². The number of anilines is 1. The molecule has 2 aliphatic heterocycles. The second kappa shape index (κ2) is 20.6. The van der Waals surface area contributed by atoms with Crippen molar-refractivity contribution in [3.05, 3.63) is 59.4 Å². The van der Waals surface area contributed by atoms with E-state index in [0.29, 0.717) is 31.0 Å². The second-order valence-electron chi connectivity index (χ2n) is 14.9. The average Bonchev–Trinajstić information content (AvgIpc) is 3.91. The third-order valence-corrected chi connectivity index (χ3v) is 9.68. The smallest absolute Gasteiger partial charge is 0.407 e. The highest BCUT2D eigenvalue weighted by Gasteiger charge is 2.41. The molecule has 0 spiro atoms. The first-order chi connectivity index (χ1) is 25.2. The maximum atomic E-state index is 13.7. The first kappa shape index (κ1) is 47.6. The number of nitrogens with one attached hydrogen (secondary N) is 4. The van der Waals surface area contributed by atoms with Gasteiger partial charge in [-0.15, -0.1) is 0 Å². The second-order valence-corrected chi connectivity index (χ2v) is 14.9. The molecule has 5 amide bonds. The van der Waals surface area contributed by atoms with Crippen molar-refractivity contribution in [2.45, 2.75) is 72.0 Å². The number of carbonyl (C=O) groups excluding carboxylic acids is 5. The van der Waals surface area contributed by atoms with Gasteiger partial charge in [0.2, 0.25) is 17.7 Å². The number of amides is 5. The highest BCUT2D eigenvalue weighted by Crippen LogP contribution is 2.34. The van der Waals surface area contributed by atoms with E-state index in [2.05, 4.69) is 37.5 Å². The molecule has 56 heavy (non-hydrogen) atoms. The maximum absolute atomic E-state index is 13.7. The molecule has 2 aliphatic rings. The molecule has 0 aliphatic carbocycles. The normalized spacial score (nSPS) is 17.2. The van der Waals surface area contributed by atoms with Gasteiger partial charge in [0.1, 0.15) is 17.9 Å². The molecule has 14 nitrogen and oxygen atoms in total. The van der Waals surface area contributed by atoms with Gasteiger partial charge in [0.15, 0.2) is 0 Å². The molecule has 1 unspecified atom stereocenters. The molecule has 3 heterocycles. The van der Waals surface area contributed by atoms with E-state index in [9.17, 15) is 24.0 Å². The van der Waals surface area contributed by atoms with Gasteiger partial charge in [-0.2, -0.15) is 40.5 Å². The summed E-state index contributed by atoms with van der Waals surface area (Å²) in [5, 5.41) is 8.25. The Hall–Kier alpha value is -4.53. The summed E-state index contributed by atoms with van der Waals surface area (Å²) >= 11 is 0. The number of aromatic amines is 1. The largest absolute Gasteiger partial charge is 0.453 e. The minimum absolute atomic E-state index is 0. The summed E-state index contributed by atoms with van der Waals surface area (Å²) in [4.78, 5) is 75.2. The summed E-state index contributed by atoms with van der Waals surface area (Å²) in [5.74, 6) is 5.95. The van der Waals surface area contributed by atoms with E-state index >= 15 is 0 Å². The van der Waals surface area contributed by atoms with Crippen molar-refractivity contribution in [3.63, 3.8) is 0 Å². The van der Waals surface area contributed by atoms with Crippen LogP contribution in [0, 0.1) is 29.1 Å². The van der Waals surface area contributed by atoms with Gasteiger partial charge in [-0.25, -0.2) is 14.6 Å². The molecular weight excluding hydrogens is 775 g/mol. The van der Waals surface area contributed by atoms with E-state index < -0.39 is 29.7 Å². The summed E-state index contributed by atoms with van der Waals surface area (Å²) in [6, 6.07) is 11.2. The molecule has 306 valence electrons. The zero-order valence-electron chi connectivity index (χ0n) is 32.9. The molecule has 4 N–H and O–H groups in total. The van der Waals surface area contributed by atoms with Crippen LogP contribution in [-0.4, -0.2) is 95.6 Å². The van der Waals surface area contributed by atoms with Crippen LogP contribution < -0.4 is 16.0 Å². The van der Waals surface area contributed by atoms with Crippen LogP contribution in [0.2, 0.25) is 0 Å². The fourth-order valence-electron chi connectivity index (χ4n) is 6.67. The van der Waals surface area contributed by atoms with Gasteiger partial charge in [0.05, 0.1) is 37.2 Å². The molecule has 2 fully saturated rings. The van der Waals surface area contributed by atoms with Crippen LogP contribution in [0.3, 0.4) is 0 Å². The first-order valence-corrected chi connectivity index (χ1v) is 17.9. The third-order valence-electron chi connectivity index (χ3n) is 9.68. The standard InChI is InChI=1S/C39H49N7O7.3H2S/c1-23(2)31(43-37(50)52-6)35(48)45-20-18-26(22-45)34(47)40-27-15-12-24(13-16-27)10-11-25-14-17-28-29(21-25)42-33(41-28)30-9-8-19-46(30)36(49)32(39(3,4)5)44-38(51)53-7;;;/h12-17,21,23,26,30-32H,8-9,18-20,22H2,1-7H3,(H,40,47)(H,41,42)(H,43,50)(H,44,51);3*1H2/t26?,30-,31-,32+;;;/m0.../s1. The van der Waals surface area contributed by atoms with Gasteiger partial charge >= 0.3 is 12.2 Å². The Morgan fingerprint density at radius 3 is 2.11 bits per heavy atom. The number of hydrogen-bond acceptors (Lipinski definition) is 8. The maximum Gasteiger partial charge on any atom is 0.407 e. The number of benzene rings is 2. The molecule has 4 atom stereocenters. The van der Waals surface area contributed by atoms with E-state index in [1.807, 2.05) is 65.0 Å². The van der Waals surface area contributed by atoms with Crippen LogP contribution >= 0.6 is 40.5 Å². The summed E-state index contributed by atoms with van der Waals surface area (Å²) < 4.78 is 9.44. The molecule has 17 heteroatoms. The number of alkyl carbamates (subject to hydrolysis) is 2. The molecule has 2 aromatic carbocycles.